The van der Waals surface area contributed by atoms with Crippen molar-refractivity contribution in [2.45, 2.75) is 353 Å². The van der Waals surface area contributed by atoms with E-state index < -0.39 is 12.1 Å². The number of hydrogen-bond donors (Lipinski definition) is 3. The van der Waals surface area contributed by atoms with Crippen molar-refractivity contribution in [1.82, 2.24) is 5.32 Å². The SMILES string of the molecule is CCCCC/C=C\C/C=C\CCCCCCCCCC(=O)OCCCCCCCCCCCCCC/C=C\CCCCCCCCCCCC(=O)NC(CO)C(O)/C=C/CCCCCCCCCCCCCC. The van der Waals surface area contributed by atoms with E-state index in [1.807, 2.05) is 6.08 Å². The van der Waals surface area contributed by atoms with Gasteiger partial charge in [0.05, 0.1) is 25.4 Å². The number of esters is 1. The molecule has 1 amide bonds. The first-order valence-electron chi connectivity index (χ1n) is 32.4. The van der Waals surface area contributed by atoms with Crippen LogP contribution in [0.25, 0.3) is 0 Å². The minimum absolute atomic E-state index is 0.00506. The molecule has 0 heterocycles. The number of ether oxygens (including phenoxy) is 1. The van der Waals surface area contributed by atoms with Gasteiger partial charge >= 0.3 is 5.97 Å². The fraction of sp³-hybridized carbons (Fsp3) is 0.851. The zero-order chi connectivity index (χ0) is 52.9. The molecule has 0 saturated heterocycles. The number of allylic oxidation sites excluding steroid dienone is 7. The molecule has 0 aliphatic rings. The quantitative estimate of drug-likeness (QED) is 0.0320. The topological polar surface area (TPSA) is 95.9 Å². The maximum Gasteiger partial charge on any atom is 0.305 e. The lowest BCUT2D eigenvalue weighted by Crippen LogP contribution is -2.45. The molecule has 3 N–H and O–H groups in total. The number of amides is 1. The van der Waals surface area contributed by atoms with E-state index >= 15 is 0 Å². The van der Waals surface area contributed by atoms with Gasteiger partial charge in [-0.1, -0.05) is 287 Å². The Bertz CT molecular complexity index is 1230. The lowest BCUT2D eigenvalue weighted by atomic mass is 10.0. The summed E-state index contributed by atoms with van der Waals surface area (Å²) in [5.41, 5.74) is 0. The van der Waals surface area contributed by atoms with Gasteiger partial charge in [0.25, 0.3) is 0 Å². The fourth-order valence-corrected chi connectivity index (χ4v) is 9.84. The summed E-state index contributed by atoms with van der Waals surface area (Å²) < 4.78 is 5.49. The van der Waals surface area contributed by atoms with Crippen LogP contribution in [0, 0.1) is 0 Å². The summed E-state index contributed by atoms with van der Waals surface area (Å²) in [7, 11) is 0. The summed E-state index contributed by atoms with van der Waals surface area (Å²) in [6.45, 7) is 4.88. The highest BCUT2D eigenvalue weighted by Crippen LogP contribution is 2.17. The number of nitrogens with one attached hydrogen (secondary N) is 1. The summed E-state index contributed by atoms with van der Waals surface area (Å²) >= 11 is 0. The Morgan fingerprint density at radius 3 is 1.08 bits per heavy atom. The molecule has 2 atom stereocenters. The number of carbonyl (C=O) groups is 2. The Labute approximate surface area is 455 Å². The molecule has 0 spiro atoms. The minimum Gasteiger partial charge on any atom is -0.466 e. The molecule has 0 aromatic carbocycles. The lowest BCUT2D eigenvalue weighted by molar-refractivity contribution is -0.143. The van der Waals surface area contributed by atoms with Crippen molar-refractivity contribution in [3.05, 3.63) is 48.6 Å². The molecule has 0 fully saturated rings. The standard InChI is InChI=1S/C67H125NO5/c1-3-5-7-9-11-13-15-17-19-29-33-37-41-45-49-53-57-61-67(72)73-62-58-54-50-46-42-38-34-31-28-26-24-22-20-21-23-25-27-30-32-36-40-44-48-52-56-60-66(71)68-64(63-69)65(70)59-55-51-47-43-39-35-18-16-14-12-10-8-6-4-2/h11,13,17,19,21,23,55,59,64-65,69-70H,3-10,12,14-16,18,20,22,24-54,56-58,60-63H2,1-2H3,(H,68,71)/b13-11-,19-17-,23-21-,59-55+. The number of aliphatic hydroxyl groups is 2. The smallest absolute Gasteiger partial charge is 0.305 e. The van der Waals surface area contributed by atoms with E-state index in [-0.39, 0.29) is 18.5 Å². The Kier molecular flexibility index (Phi) is 60.5. The van der Waals surface area contributed by atoms with Gasteiger partial charge in [-0.2, -0.15) is 0 Å². The number of unbranched alkanes of at least 4 members (excludes halogenated alkanes) is 43. The van der Waals surface area contributed by atoms with E-state index in [0.29, 0.717) is 19.4 Å². The van der Waals surface area contributed by atoms with E-state index in [2.05, 4.69) is 55.6 Å². The molecule has 0 aliphatic heterocycles. The van der Waals surface area contributed by atoms with Crippen LogP contribution in [0.2, 0.25) is 0 Å². The van der Waals surface area contributed by atoms with Crippen molar-refractivity contribution in [3.63, 3.8) is 0 Å². The second-order valence-corrected chi connectivity index (χ2v) is 22.1. The molecule has 0 radical (unpaired) electrons. The van der Waals surface area contributed by atoms with Crippen LogP contribution in [-0.4, -0.2) is 47.4 Å². The normalized spacial score (nSPS) is 12.9. The second kappa shape index (κ2) is 62.4. The third kappa shape index (κ3) is 58.9. The maximum atomic E-state index is 12.5. The highest BCUT2D eigenvalue weighted by Gasteiger charge is 2.18. The van der Waals surface area contributed by atoms with Crippen molar-refractivity contribution < 1.29 is 24.5 Å². The molecule has 0 bridgehead atoms. The van der Waals surface area contributed by atoms with E-state index in [1.165, 1.54) is 263 Å². The van der Waals surface area contributed by atoms with E-state index in [9.17, 15) is 19.8 Å². The zero-order valence-corrected chi connectivity index (χ0v) is 48.9. The van der Waals surface area contributed by atoms with Gasteiger partial charge in [-0.25, -0.2) is 0 Å². The molecule has 0 rings (SSSR count). The average molecular weight is 1020 g/mol. The third-order valence-corrected chi connectivity index (χ3v) is 14.8. The Morgan fingerprint density at radius 2 is 0.685 bits per heavy atom. The van der Waals surface area contributed by atoms with E-state index in [0.717, 1.165) is 51.4 Å². The number of rotatable bonds is 60. The average Bonchev–Trinajstić information content (AvgIpc) is 3.39. The molecule has 428 valence electrons. The van der Waals surface area contributed by atoms with Gasteiger partial charge in [-0.3, -0.25) is 9.59 Å². The second-order valence-electron chi connectivity index (χ2n) is 22.1. The molecule has 6 heteroatoms. The molecule has 0 saturated carbocycles. The molecular weight excluding hydrogens is 899 g/mol. The summed E-state index contributed by atoms with van der Waals surface area (Å²) in [6, 6.07) is -0.630. The summed E-state index contributed by atoms with van der Waals surface area (Å²) in [5.74, 6) is -0.0655. The molecule has 73 heavy (non-hydrogen) atoms. The van der Waals surface area contributed by atoms with E-state index in [1.54, 1.807) is 6.08 Å². The molecule has 0 aliphatic carbocycles. The Morgan fingerprint density at radius 1 is 0.384 bits per heavy atom. The first-order chi connectivity index (χ1) is 36.0. The molecular formula is C67H125NO5. The largest absolute Gasteiger partial charge is 0.466 e. The van der Waals surface area contributed by atoms with Crippen LogP contribution in [-0.2, 0) is 14.3 Å². The van der Waals surface area contributed by atoms with Crippen LogP contribution in [0.1, 0.15) is 341 Å². The predicted octanol–water partition coefficient (Wildman–Crippen LogP) is 20.5. The summed E-state index contributed by atoms with van der Waals surface area (Å²) in [6.07, 6.45) is 80.2. The van der Waals surface area contributed by atoms with Crippen LogP contribution in [0.3, 0.4) is 0 Å². The highest BCUT2D eigenvalue weighted by molar-refractivity contribution is 5.76. The van der Waals surface area contributed by atoms with Gasteiger partial charge in [0.15, 0.2) is 0 Å². The summed E-state index contributed by atoms with van der Waals surface area (Å²) in [4.78, 5) is 24.5. The molecule has 0 aromatic heterocycles. The predicted molar refractivity (Wildman–Crippen MR) is 319 cm³/mol. The van der Waals surface area contributed by atoms with Gasteiger partial charge in [-0.05, 0) is 89.9 Å². The minimum atomic E-state index is -0.846. The van der Waals surface area contributed by atoms with Gasteiger partial charge in [0.1, 0.15) is 0 Å². The van der Waals surface area contributed by atoms with Gasteiger partial charge in [-0.15, -0.1) is 0 Å². The molecule has 0 aromatic rings. The number of carbonyl (C=O) groups excluding carboxylic acids is 2. The maximum absolute atomic E-state index is 12.5. The summed E-state index contributed by atoms with van der Waals surface area (Å²) in [5, 5.41) is 23.1. The van der Waals surface area contributed by atoms with Crippen molar-refractivity contribution in [2.24, 2.45) is 0 Å². The molecule has 6 nitrogen and oxygen atoms in total. The van der Waals surface area contributed by atoms with Crippen molar-refractivity contribution >= 4 is 11.9 Å². The van der Waals surface area contributed by atoms with Crippen LogP contribution < -0.4 is 5.32 Å². The van der Waals surface area contributed by atoms with Gasteiger partial charge in [0.2, 0.25) is 5.91 Å². The van der Waals surface area contributed by atoms with E-state index in [4.69, 9.17) is 4.74 Å². The van der Waals surface area contributed by atoms with Crippen molar-refractivity contribution in [1.29, 1.82) is 0 Å². The Balaban J connectivity index is 3.41. The van der Waals surface area contributed by atoms with Gasteiger partial charge < -0.3 is 20.3 Å². The van der Waals surface area contributed by atoms with Crippen LogP contribution in [0.5, 0.6) is 0 Å². The zero-order valence-electron chi connectivity index (χ0n) is 48.9. The van der Waals surface area contributed by atoms with Crippen LogP contribution in [0.4, 0.5) is 0 Å². The molecule has 2 unspecified atom stereocenters. The number of aliphatic hydroxyl groups excluding tert-OH is 2. The van der Waals surface area contributed by atoms with Crippen molar-refractivity contribution in [3.8, 4) is 0 Å². The highest BCUT2D eigenvalue weighted by atomic mass is 16.5. The first-order valence-corrected chi connectivity index (χ1v) is 32.4. The number of hydrogen-bond acceptors (Lipinski definition) is 5. The van der Waals surface area contributed by atoms with Crippen LogP contribution >= 0.6 is 0 Å². The Hall–Kier alpha value is -2.18. The fourth-order valence-electron chi connectivity index (χ4n) is 9.84. The lowest BCUT2D eigenvalue weighted by Gasteiger charge is -2.20. The van der Waals surface area contributed by atoms with Gasteiger partial charge in [0, 0.05) is 12.8 Å². The van der Waals surface area contributed by atoms with Crippen LogP contribution in [0.15, 0.2) is 48.6 Å². The third-order valence-electron chi connectivity index (χ3n) is 14.8. The monoisotopic (exact) mass is 1020 g/mol. The van der Waals surface area contributed by atoms with Crippen molar-refractivity contribution in [2.75, 3.05) is 13.2 Å². The first kappa shape index (κ1) is 70.8.